The first kappa shape index (κ1) is 51.4. The molecular weight excluding hydrogens is 881 g/mol. The minimum absolute atomic E-state index is 0.0786. The van der Waals surface area contributed by atoms with Crippen LogP contribution in [0, 0.1) is 50.2 Å². The lowest BCUT2D eigenvalue weighted by Crippen LogP contribution is -2.67. The number of carboxylic acid groups (broad SMARTS) is 1. The van der Waals surface area contributed by atoms with Gasteiger partial charge in [0.25, 0.3) is 0 Å². The van der Waals surface area contributed by atoms with Crippen LogP contribution >= 0.6 is 0 Å². The van der Waals surface area contributed by atoms with E-state index < -0.39 is 134 Å². The summed E-state index contributed by atoms with van der Waals surface area (Å²) in [6.45, 7) is 14.4. The first-order chi connectivity index (χ1) is 31.2. The summed E-state index contributed by atoms with van der Waals surface area (Å²) in [5.41, 5.74) is -0.975. The lowest BCUT2D eigenvalue weighted by molar-refractivity contribution is -0.365. The maximum absolute atomic E-state index is 14.7. The van der Waals surface area contributed by atoms with E-state index in [1.807, 2.05) is 0 Å². The van der Waals surface area contributed by atoms with E-state index in [4.69, 9.17) is 28.4 Å². The van der Waals surface area contributed by atoms with Gasteiger partial charge in [-0.2, -0.15) is 0 Å². The molecule has 1 unspecified atom stereocenters. The second-order valence-corrected chi connectivity index (χ2v) is 23.5. The van der Waals surface area contributed by atoms with Gasteiger partial charge in [-0.25, -0.2) is 4.79 Å². The molecule has 3 aliphatic heterocycles. The Morgan fingerprint density at radius 2 is 1.22 bits per heavy atom. The largest absolute Gasteiger partial charge is 0.479 e. The van der Waals surface area contributed by atoms with Crippen LogP contribution in [-0.4, -0.2) is 180 Å². The second kappa shape index (κ2) is 18.0. The van der Waals surface area contributed by atoms with Crippen LogP contribution in [0.4, 0.5) is 0 Å². The molecule has 5 aliphatic carbocycles. The Kier molecular flexibility index (Phi) is 13.8. The predicted molar refractivity (Wildman–Crippen MR) is 231 cm³/mol. The Labute approximate surface area is 391 Å². The summed E-state index contributed by atoms with van der Waals surface area (Å²) in [5, 5.41) is 115. The molecule has 3 saturated heterocycles. The van der Waals surface area contributed by atoms with Gasteiger partial charge in [0.1, 0.15) is 67.1 Å². The summed E-state index contributed by atoms with van der Waals surface area (Å²) in [5.74, 6) is -1.91. The quantitative estimate of drug-likeness (QED) is 0.0838. The zero-order valence-corrected chi connectivity index (χ0v) is 39.7. The Bertz CT molecular complexity index is 1870. The van der Waals surface area contributed by atoms with Gasteiger partial charge in [0, 0.05) is 0 Å². The van der Waals surface area contributed by atoms with Crippen molar-refractivity contribution in [3.8, 4) is 0 Å². The summed E-state index contributed by atoms with van der Waals surface area (Å²) >= 11 is 0. The molecule has 11 N–H and O–H groups in total. The van der Waals surface area contributed by atoms with Crippen molar-refractivity contribution in [2.75, 3.05) is 13.2 Å². The summed E-state index contributed by atoms with van der Waals surface area (Å²) in [6, 6.07) is 0. The van der Waals surface area contributed by atoms with Gasteiger partial charge < -0.3 is 84.6 Å². The molecule has 0 radical (unpaired) electrons. The Morgan fingerprint density at radius 1 is 0.642 bits per heavy atom. The number of fused-ring (bicyclic) bond motifs is 7. The molecule has 8 aliphatic rings. The summed E-state index contributed by atoms with van der Waals surface area (Å²) in [7, 11) is 0. The molecule has 0 aromatic rings. The molecular formula is C48H76O19. The normalized spacial score (nSPS) is 52.6. The van der Waals surface area contributed by atoms with E-state index in [0.717, 1.165) is 38.5 Å². The van der Waals surface area contributed by atoms with E-state index in [1.165, 1.54) is 5.57 Å². The minimum atomic E-state index is -1.97. The number of ether oxygens (including phenoxy) is 6. The number of carbonyl (C=O) groups excluding carboxylic acids is 1. The molecule has 19 nitrogen and oxygen atoms in total. The van der Waals surface area contributed by atoms with E-state index in [9.17, 15) is 65.8 Å². The van der Waals surface area contributed by atoms with Crippen molar-refractivity contribution < 1.29 is 94.2 Å². The van der Waals surface area contributed by atoms with Crippen LogP contribution in [-0.2, 0) is 38.0 Å². The highest BCUT2D eigenvalue weighted by atomic mass is 16.7. The van der Waals surface area contributed by atoms with E-state index in [-0.39, 0.29) is 39.4 Å². The highest BCUT2D eigenvalue weighted by Gasteiger charge is 2.70. The van der Waals surface area contributed by atoms with Crippen LogP contribution in [0.2, 0.25) is 0 Å². The third-order valence-corrected chi connectivity index (χ3v) is 19.3. The number of hydrogen-bond donors (Lipinski definition) is 11. The van der Waals surface area contributed by atoms with Crippen molar-refractivity contribution in [3.05, 3.63) is 11.6 Å². The topological polar surface area (TPSA) is 312 Å². The summed E-state index contributed by atoms with van der Waals surface area (Å²) in [4.78, 5) is 27.1. The first-order valence-corrected chi connectivity index (χ1v) is 24.3. The zero-order chi connectivity index (χ0) is 49.1. The van der Waals surface area contributed by atoms with Crippen LogP contribution in [0.3, 0.4) is 0 Å². The molecule has 382 valence electrons. The van der Waals surface area contributed by atoms with Gasteiger partial charge in [0.05, 0.1) is 24.7 Å². The molecule has 4 saturated carbocycles. The third-order valence-electron chi connectivity index (χ3n) is 19.3. The van der Waals surface area contributed by atoms with Gasteiger partial charge in [0.15, 0.2) is 18.7 Å². The van der Waals surface area contributed by atoms with Crippen molar-refractivity contribution in [1.29, 1.82) is 0 Å². The number of hydrogen-bond acceptors (Lipinski definition) is 18. The molecule has 67 heavy (non-hydrogen) atoms. The lowest BCUT2D eigenvalue weighted by Gasteiger charge is -2.71. The number of carbonyl (C=O) groups is 2. The van der Waals surface area contributed by atoms with Gasteiger partial charge >= 0.3 is 11.9 Å². The molecule has 0 aromatic heterocycles. The SMILES string of the molecule is CC1(C)CC[C@]2(C(=O)OC3O[C@H](CO)[C@@H](O)[C@H](O)[C@H]3O)CC[C@]3(C)C(=CC[C@@H]4[C@@]5(C)CC[C@H](O[C@@H]6O[C@H](C(=O)O)[C@@H](O)[C@H](O[C@@H]7O[C@H](CO)[C@H](O)[C@H](O)[C@H]7O)[C@H]6O)C(C)(C)[C@@H]5CC[C@]43C)[C@@H]2C1. The molecule has 3 heterocycles. The molecule has 23 atom stereocenters. The average molecular weight is 957 g/mol. The van der Waals surface area contributed by atoms with Crippen molar-refractivity contribution in [3.63, 3.8) is 0 Å². The molecule has 0 bridgehead atoms. The van der Waals surface area contributed by atoms with E-state index in [0.29, 0.717) is 25.7 Å². The Hall–Kier alpha value is -1.92. The van der Waals surface area contributed by atoms with Crippen molar-refractivity contribution in [2.45, 2.75) is 211 Å². The van der Waals surface area contributed by atoms with Crippen LogP contribution in [0.25, 0.3) is 0 Å². The Balaban J connectivity index is 1.03. The fourth-order valence-corrected chi connectivity index (χ4v) is 15.0. The monoisotopic (exact) mass is 956 g/mol. The fourth-order valence-electron chi connectivity index (χ4n) is 15.0. The average Bonchev–Trinajstić information content (AvgIpc) is 3.26. The maximum atomic E-state index is 14.7. The highest BCUT2D eigenvalue weighted by molar-refractivity contribution is 5.79. The number of esters is 1. The lowest BCUT2D eigenvalue weighted by atomic mass is 9.33. The number of aliphatic hydroxyl groups is 10. The van der Waals surface area contributed by atoms with Crippen molar-refractivity contribution >= 4 is 11.9 Å². The number of aliphatic carboxylic acids is 1. The minimum Gasteiger partial charge on any atom is -0.479 e. The van der Waals surface area contributed by atoms with Gasteiger partial charge in [0.2, 0.25) is 6.29 Å². The van der Waals surface area contributed by atoms with Crippen LogP contribution in [0.5, 0.6) is 0 Å². The van der Waals surface area contributed by atoms with Crippen LogP contribution < -0.4 is 0 Å². The van der Waals surface area contributed by atoms with Crippen LogP contribution in [0.1, 0.15) is 113 Å². The standard InChI is InChI=1S/C48H76O19/c1-43(2)14-16-48(42(61)67-40-33(56)31(54)29(52)24(20-50)63-40)17-15-46(6)21(22(48)18-43)8-9-26-45(5)12-11-27(44(3,4)25(45)10-13-47(26,46)7)64-41-35(58)36(34(57)37(66-41)38(59)60)65-39-32(55)30(53)28(51)23(19-49)62-39/h8,22-37,39-41,49-58H,9-20H2,1-7H3,(H,59,60)/t22-,23+,24+,25-,26+,27-,28-,29+,30-,31-,32+,33+,34-,35+,36-,37-,39-,40?,41+,45-,46+,47+,48-/m0/s1. The fraction of sp³-hybridized carbons (Fsp3) is 0.917. The van der Waals surface area contributed by atoms with E-state index in [1.54, 1.807) is 0 Å². The van der Waals surface area contributed by atoms with Gasteiger partial charge in [-0.3, -0.25) is 4.79 Å². The predicted octanol–water partition coefficient (Wildman–Crippen LogP) is 0.233. The molecule has 0 spiro atoms. The molecule has 0 aromatic carbocycles. The first-order valence-electron chi connectivity index (χ1n) is 24.3. The summed E-state index contributed by atoms with van der Waals surface area (Å²) in [6.07, 6.45) is -16.4. The molecule has 7 fully saturated rings. The van der Waals surface area contributed by atoms with Crippen molar-refractivity contribution in [2.24, 2.45) is 50.2 Å². The molecule has 0 amide bonds. The van der Waals surface area contributed by atoms with Gasteiger partial charge in [-0.1, -0.05) is 60.1 Å². The van der Waals surface area contributed by atoms with E-state index >= 15 is 0 Å². The Morgan fingerprint density at radius 3 is 1.84 bits per heavy atom. The smallest absolute Gasteiger partial charge is 0.335 e. The summed E-state index contributed by atoms with van der Waals surface area (Å²) < 4.78 is 35.2. The number of aliphatic hydroxyl groups excluding tert-OH is 10. The number of rotatable bonds is 9. The third kappa shape index (κ3) is 8.06. The number of allylic oxidation sites excluding steroid dienone is 2. The van der Waals surface area contributed by atoms with Crippen molar-refractivity contribution in [1.82, 2.24) is 0 Å². The molecule has 8 rings (SSSR count). The van der Waals surface area contributed by atoms with E-state index in [2.05, 4.69) is 54.5 Å². The second-order valence-electron chi connectivity index (χ2n) is 23.5. The number of carboxylic acids is 1. The maximum Gasteiger partial charge on any atom is 0.335 e. The van der Waals surface area contributed by atoms with Gasteiger partial charge in [-0.05, 0) is 109 Å². The van der Waals surface area contributed by atoms with Gasteiger partial charge in [-0.15, -0.1) is 0 Å². The van der Waals surface area contributed by atoms with Crippen LogP contribution in [0.15, 0.2) is 11.6 Å². The zero-order valence-electron chi connectivity index (χ0n) is 39.7. The highest BCUT2D eigenvalue weighted by Crippen LogP contribution is 2.76. The molecule has 19 heteroatoms.